The summed E-state index contributed by atoms with van der Waals surface area (Å²) >= 11 is 0. The van der Waals surface area contributed by atoms with Gasteiger partial charge in [0.25, 0.3) is 0 Å². The predicted molar refractivity (Wildman–Crippen MR) is 24.9 cm³/mol. The molecule has 0 saturated carbocycles. The zero-order chi connectivity index (χ0) is 5.28. The third kappa shape index (κ3) is 0.607. The van der Waals surface area contributed by atoms with Crippen molar-refractivity contribution in [3.63, 3.8) is 0 Å². The molecular formula is C4H4N2O. The summed E-state index contributed by atoms with van der Waals surface area (Å²) in [6.45, 7) is 2.56. The number of rotatable bonds is 0. The first-order chi connectivity index (χ1) is 3.30. The second kappa shape index (κ2) is 1.33. The summed E-state index contributed by atoms with van der Waals surface area (Å²) in [5.41, 5.74) is 0. The molecule has 3 heteroatoms. The maximum atomic E-state index is 10.2. The van der Waals surface area contributed by atoms with Crippen LogP contribution in [0.25, 0.3) is 0 Å². The van der Waals surface area contributed by atoms with Gasteiger partial charge in [-0.2, -0.15) is 0 Å². The number of amides is 2. The molecule has 0 atom stereocenters. The van der Waals surface area contributed by atoms with E-state index >= 15 is 0 Å². The number of aliphatic imine (C=N–C) groups is 1. The van der Waals surface area contributed by atoms with Crippen molar-refractivity contribution < 1.29 is 4.79 Å². The number of nitrogens with zero attached hydrogens (tertiary/aromatic N) is 2. The molecule has 0 fully saturated rings. The number of carbonyl (C=O) groups excluding carboxylic acids is 1. The van der Waals surface area contributed by atoms with Crippen molar-refractivity contribution >= 4 is 12.2 Å². The maximum absolute atomic E-state index is 10.2. The largest absolute Gasteiger partial charge is 0.343 e. The minimum Gasteiger partial charge on any atom is -0.309 e. The smallest absolute Gasteiger partial charge is 0.309 e. The van der Waals surface area contributed by atoms with Crippen LogP contribution in [0.5, 0.6) is 0 Å². The van der Waals surface area contributed by atoms with Gasteiger partial charge in [0, 0.05) is 13.3 Å². The molecular weight excluding hydrogens is 92.1 g/mol. The topological polar surface area (TPSA) is 32.7 Å². The summed E-state index contributed by atoms with van der Waals surface area (Å²) in [5, 5.41) is 0. The fourth-order valence-electron chi connectivity index (χ4n) is 0.313. The Morgan fingerprint density at radius 2 is 2.71 bits per heavy atom. The molecule has 1 rings (SSSR count). The van der Waals surface area contributed by atoms with E-state index in [1.54, 1.807) is 7.05 Å². The minimum absolute atomic E-state index is 0.250. The van der Waals surface area contributed by atoms with Crippen molar-refractivity contribution in [2.24, 2.45) is 4.99 Å². The highest BCUT2D eigenvalue weighted by Gasteiger charge is 2.10. The Balaban J connectivity index is 2.62. The summed E-state index contributed by atoms with van der Waals surface area (Å²) in [7, 11) is 1.61. The van der Waals surface area contributed by atoms with Gasteiger partial charge in [-0.05, 0) is 0 Å². The Hall–Kier alpha value is -0.860. The molecule has 36 valence electrons. The molecule has 0 spiro atoms. The number of urea groups is 1. The Labute approximate surface area is 41.6 Å². The van der Waals surface area contributed by atoms with E-state index < -0.39 is 0 Å². The predicted octanol–water partition coefficient (Wildman–Crippen LogP) is 0.161. The van der Waals surface area contributed by atoms with E-state index in [9.17, 15) is 4.79 Å². The molecule has 1 aliphatic heterocycles. The first-order valence-corrected chi connectivity index (χ1v) is 1.87. The molecule has 1 aliphatic rings. The van der Waals surface area contributed by atoms with Crippen LogP contribution in [-0.4, -0.2) is 24.2 Å². The lowest BCUT2D eigenvalue weighted by atomic mass is 10.7. The lowest BCUT2D eigenvalue weighted by Gasteiger charge is -1.99. The monoisotopic (exact) mass is 96.0 g/mol. The SMILES string of the molecule is CN1[C]C=NC1=O. The van der Waals surface area contributed by atoms with Gasteiger partial charge in [-0.25, -0.2) is 9.79 Å². The van der Waals surface area contributed by atoms with Crippen LogP contribution < -0.4 is 0 Å². The number of hydrogen-bond acceptors (Lipinski definition) is 1. The van der Waals surface area contributed by atoms with Crippen LogP contribution in [0.2, 0.25) is 0 Å². The van der Waals surface area contributed by atoms with Crippen LogP contribution in [0.4, 0.5) is 4.79 Å². The maximum Gasteiger partial charge on any atom is 0.343 e. The summed E-state index contributed by atoms with van der Waals surface area (Å²) in [4.78, 5) is 14.9. The van der Waals surface area contributed by atoms with Crippen LogP contribution in [0.1, 0.15) is 0 Å². The molecule has 0 aromatic carbocycles. The highest BCUT2D eigenvalue weighted by atomic mass is 16.2. The summed E-state index contributed by atoms with van der Waals surface area (Å²) in [6.07, 6.45) is 1.35. The van der Waals surface area contributed by atoms with Gasteiger partial charge in [-0.3, -0.25) is 0 Å². The van der Waals surface area contributed by atoms with Gasteiger partial charge in [0.2, 0.25) is 0 Å². The Kier molecular flexibility index (Phi) is 0.817. The summed E-state index contributed by atoms with van der Waals surface area (Å²) in [5.74, 6) is 0. The van der Waals surface area contributed by atoms with Gasteiger partial charge in [-0.15, -0.1) is 0 Å². The molecule has 0 N–H and O–H groups in total. The highest BCUT2D eigenvalue weighted by molar-refractivity contribution is 5.94. The van der Waals surface area contributed by atoms with Gasteiger partial charge in [-0.1, -0.05) is 0 Å². The van der Waals surface area contributed by atoms with E-state index in [2.05, 4.69) is 11.5 Å². The minimum atomic E-state index is -0.250. The Bertz CT molecular complexity index is 119. The van der Waals surface area contributed by atoms with Crippen LogP contribution in [0.3, 0.4) is 0 Å². The van der Waals surface area contributed by atoms with E-state index in [0.717, 1.165) is 0 Å². The van der Waals surface area contributed by atoms with Crippen LogP contribution >= 0.6 is 0 Å². The molecule has 7 heavy (non-hydrogen) atoms. The second-order valence-corrected chi connectivity index (χ2v) is 1.23. The van der Waals surface area contributed by atoms with Crippen molar-refractivity contribution in [3.05, 3.63) is 6.54 Å². The first kappa shape index (κ1) is 4.30. The van der Waals surface area contributed by atoms with Gasteiger partial charge < -0.3 is 4.90 Å². The van der Waals surface area contributed by atoms with Crippen LogP contribution in [0.15, 0.2) is 4.99 Å². The Morgan fingerprint density at radius 1 is 2.00 bits per heavy atom. The zero-order valence-electron chi connectivity index (χ0n) is 3.88. The zero-order valence-corrected chi connectivity index (χ0v) is 3.88. The molecule has 3 nitrogen and oxygen atoms in total. The fourth-order valence-corrected chi connectivity index (χ4v) is 0.313. The molecule has 1 heterocycles. The fraction of sp³-hybridized carbons (Fsp3) is 0.250. The average molecular weight is 96.1 g/mol. The molecule has 0 unspecified atom stereocenters. The molecule has 0 aliphatic carbocycles. The van der Waals surface area contributed by atoms with Gasteiger partial charge in [0.15, 0.2) is 0 Å². The number of hydrogen-bond donors (Lipinski definition) is 0. The third-order valence-electron chi connectivity index (χ3n) is 0.713. The van der Waals surface area contributed by atoms with E-state index in [1.807, 2.05) is 0 Å². The Morgan fingerprint density at radius 3 is 2.86 bits per heavy atom. The standard InChI is InChI=1S/C4H4N2O/c1-6-3-2-5-4(6)7/h2H,1H3. The first-order valence-electron chi connectivity index (χ1n) is 1.87. The van der Waals surface area contributed by atoms with E-state index in [0.29, 0.717) is 0 Å². The van der Waals surface area contributed by atoms with Gasteiger partial charge in [0.05, 0.1) is 0 Å². The quantitative estimate of drug-likeness (QED) is 0.423. The second-order valence-electron chi connectivity index (χ2n) is 1.23. The molecule has 2 amide bonds. The lowest BCUT2D eigenvalue weighted by Crippen LogP contribution is -2.13. The van der Waals surface area contributed by atoms with Crippen LogP contribution in [0, 0.1) is 6.54 Å². The lowest BCUT2D eigenvalue weighted by molar-refractivity contribution is 0.232. The molecule has 0 saturated heterocycles. The number of carbonyl (C=O) groups is 1. The molecule has 2 radical (unpaired) electrons. The van der Waals surface area contributed by atoms with Crippen molar-refractivity contribution in [3.8, 4) is 0 Å². The van der Waals surface area contributed by atoms with Gasteiger partial charge in [0.1, 0.15) is 6.54 Å². The van der Waals surface area contributed by atoms with E-state index in [1.165, 1.54) is 11.1 Å². The molecule has 0 aromatic rings. The van der Waals surface area contributed by atoms with Crippen LogP contribution in [-0.2, 0) is 0 Å². The average Bonchev–Trinajstić information content (AvgIpc) is 1.91. The van der Waals surface area contributed by atoms with Gasteiger partial charge >= 0.3 is 6.03 Å². The van der Waals surface area contributed by atoms with Crippen molar-refractivity contribution in [1.29, 1.82) is 0 Å². The summed E-state index contributed by atoms with van der Waals surface area (Å²) in [6, 6.07) is -0.250. The normalized spacial score (nSPS) is 19.0. The van der Waals surface area contributed by atoms with E-state index in [4.69, 9.17) is 0 Å². The van der Waals surface area contributed by atoms with Crippen molar-refractivity contribution in [2.45, 2.75) is 0 Å². The molecule has 0 bridgehead atoms. The van der Waals surface area contributed by atoms with Crippen molar-refractivity contribution in [1.82, 2.24) is 4.90 Å². The summed E-state index contributed by atoms with van der Waals surface area (Å²) < 4.78 is 0. The third-order valence-corrected chi connectivity index (χ3v) is 0.713. The van der Waals surface area contributed by atoms with Crippen molar-refractivity contribution in [2.75, 3.05) is 7.05 Å². The molecule has 0 aromatic heterocycles. The highest BCUT2D eigenvalue weighted by Crippen LogP contribution is 1.96. The van der Waals surface area contributed by atoms with E-state index in [-0.39, 0.29) is 6.03 Å².